The van der Waals surface area contributed by atoms with Crippen molar-refractivity contribution >= 4 is 34.0 Å². The third-order valence-electron chi connectivity index (χ3n) is 4.61. The fraction of sp³-hybridized carbons (Fsp3) is 0.625. The van der Waals surface area contributed by atoms with Gasteiger partial charge in [0.25, 0.3) is 0 Å². The molecule has 0 aromatic heterocycles. The Balaban J connectivity index is 1.80. The number of nitrogens with one attached hydrogen (secondary N) is 1. The SMILES string of the molecule is CN1CC[C@@H](Nc2cccc3c2CC(I)N3CC(F)(F)F)[C@@H](F)C1. The van der Waals surface area contributed by atoms with E-state index in [0.29, 0.717) is 25.1 Å². The summed E-state index contributed by atoms with van der Waals surface area (Å²) in [6.07, 6.45) is -4.02. The number of piperidine rings is 1. The summed E-state index contributed by atoms with van der Waals surface area (Å²) < 4.78 is 52.5. The molecule has 1 unspecified atom stereocenters. The average Bonchev–Trinajstić information content (AvgIpc) is 2.78. The Morgan fingerprint density at radius 2 is 2.08 bits per heavy atom. The van der Waals surface area contributed by atoms with E-state index in [1.165, 1.54) is 4.90 Å². The van der Waals surface area contributed by atoms with Gasteiger partial charge in [0, 0.05) is 36.4 Å². The summed E-state index contributed by atoms with van der Waals surface area (Å²) in [5.41, 5.74) is 2.21. The van der Waals surface area contributed by atoms with Crippen LogP contribution in [0, 0.1) is 0 Å². The standard InChI is InChI=1S/C16H20F4IN3/c1-23-6-5-13(11(17)8-23)22-12-3-2-4-14-10(12)7-15(21)24(14)9-16(18,19)20/h2-4,11,13,15,22H,5-9H2,1H3/t11-,13+,15?/m0/s1. The molecule has 2 aliphatic rings. The molecule has 0 amide bonds. The highest BCUT2D eigenvalue weighted by atomic mass is 127. The number of fused-ring (bicyclic) bond motifs is 1. The van der Waals surface area contributed by atoms with Gasteiger partial charge in [-0.05, 0) is 25.6 Å². The van der Waals surface area contributed by atoms with Gasteiger partial charge in [0.1, 0.15) is 12.7 Å². The molecule has 1 N–H and O–H groups in total. The normalized spacial score (nSPS) is 28.1. The highest BCUT2D eigenvalue weighted by Gasteiger charge is 2.38. The largest absolute Gasteiger partial charge is 0.405 e. The molecule has 0 aliphatic carbocycles. The fourth-order valence-corrected chi connectivity index (χ4v) is 4.36. The van der Waals surface area contributed by atoms with Gasteiger partial charge in [-0.25, -0.2) is 4.39 Å². The second-order valence-electron chi connectivity index (χ2n) is 6.50. The summed E-state index contributed by atoms with van der Waals surface area (Å²) in [5.74, 6) is 0. The second-order valence-corrected chi connectivity index (χ2v) is 7.94. The van der Waals surface area contributed by atoms with Crippen molar-refractivity contribution < 1.29 is 17.6 Å². The first-order valence-electron chi connectivity index (χ1n) is 7.93. The predicted octanol–water partition coefficient (Wildman–Crippen LogP) is 3.83. The monoisotopic (exact) mass is 457 g/mol. The zero-order chi connectivity index (χ0) is 17.5. The lowest BCUT2D eigenvalue weighted by Crippen LogP contribution is -2.46. The predicted molar refractivity (Wildman–Crippen MR) is 95.8 cm³/mol. The van der Waals surface area contributed by atoms with E-state index in [1.807, 2.05) is 40.6 Å². The molecule has 2 aliphatic heterocycles. The van der Waals surface area contributed by atoms with Crippen LogP contribution in [-0.2, 0) is 6.42 Å². The van der Waals surface area contributed by atoms with Crippen LogP contribution in [0.2, 0.25) is 0 Å². The number of anilines is 2. The molecule has 3 rings (SSSR count). The van der Waals surface area contributed by atoms with Gasteiger partial charge in [-0.2, -0.15) is 13.2 Å². The smallest absolute Gasteiger partial charge is 0.379 e. The van der Waals surface area contributed by atoms with Gasteiger partial charge < -0.3 is 15.1 Å². The van der Waals surface area contributed by atoms with Crippen molar-refractivity contribution in [2.75, 3.05) is 36.9 Å². The molecule has 3 atom stereocenters. The summed E-state index contributed by atoms with van der Waals surface area (Å²) in [7, 11) is 1.89. The number of hydrogen-bond acceptors (Lipinski definition) is 3. The molecule has 0 bridgehead atoms. The number of benzene rings is 1. The van der Waals surface area contributed by atoms with Crippen LogP contribution >= 0.6 is 22.6 Å². The van der Waals surface area contributed by atoms with Crippen molar-refractivity contribution in [3.8, 4) is 0 Å². The maximum atomic E-state index is 14.2. The van der Waals surface area contributed by atoms with Crippen LogP contribution in [0.25, 0.3) is 0 Å². The van der Waals surface area contributed by atoms with Crippen LogP contribution in [0.5, 0.6) is 0 Å². The van der Waals surface area contributed by atoms with Crippen molar-refractivity contribution in [1.82, 2.24) is 4.90 Å². The first-order valence-corrected chi connectivity index (χ1v) is 9.17. The van der Waals surface area contributed by atoms with Crippen molar-refractivity contribution in [3.63, 3.8) is 0 Å². The Labute approximate surface area is 152 Å². The number of halogens is 5. The average molecular weight is 457 g/mol. The summed E-state index contributed by atoms with van der Waals surface area (Å²) in [5, 5.41) is 3.24. The van der Waals surface area contributed by atoms with Crippen molar-refractivity contribution in [2.45, 2.75) is 35.3 Å². The second kappa shape index (κ2) is 6.86. The molecule has 24 heavy (non-hydrogen) atoms. The minimum atomic E-state index is -4.24. The molecule has 1 aromatic carbocycles. The molecule has 0 saturated carbocycles. The molecule has 1 aromatic rings. The lowest BCUT2D eigenvalue weighted by atomic mass is 10.0. The van der Waals surface area contributed by atoms with Gasteiger partial charge in [0.2, 0.25) is 0 Å². The van der Waals surface area contributed by atoms with E-state index in [1.54, 1.807) is 12.1 Å². The molecule has 0 radical (unpaired) electrons. The first kappa shape index (κ1) is 18.0. The topological polar surface area (TPSA) is 18.5 Å². The molecule has 3 nitrogen and oxygen atoms in total. The van der Waals surface area contributed by atoms with E-state index >= 15 is 0 Å². The number of alkyl halides is 5. The Morgan fingerprint density at radius 3 is 2.75 bits per heavy atom. The maximum Gasteiger partial charge on any atom is 0.405 e. The lowest BCUT2D eigenvalue weighted by molar-refractivity contribution is -0.119. The zero-order valence-corrected chi connectivity index (χ0v) is 15.4. The molecule has 0 spiro atoms. The Hall–Kier alpha value is -0.770. The summed E-state index contributed by atoms with van der Waals surface area (Å²) in [4.78, 5) is 3.33. The Bertz CT molecular complexity index is 595. The van der Waals surface area contributed by atoms with E-state index < -0.39 is 18.9 Å². The minimum absolute atomic E-state index is 0.249. The van der Waals surface area contributed by atoms with E-state index in [9.17, 15) is 17.6 Å². The Morgan fingerprint density at radius 1 is 1.33 bits per heavy atom. The minimum Gasteiger partial charge on any atom is -0.379 e. The summed E-state index contributed by atoms with van der Waals surface area (Å²) in [6.45, 7) is 0.223. The summed E-state index contributed by atoms with van der Waals surface area (Å²) in [6, 6.07) is 5.00. The van der Waals surface area contributed by atoms with E-state index in [4.69, 9.17) is 0 Å². The van der Waals surface area contributed by atoms with Crippen LogP contribution in [-0.4, -0.2) is 54.0 Å². The van der Waals surface area contributed by atoms with Crippen molar-refractivity contribution in [2.24, 2.45) is 0 Å². The van der Waals surface area contributed by atoms with Gasteiger partial charge in [0.05, 0.1) is 10.1 Å². The number of hydrogen-bond donors (Lipinski definition) is 1. The van der Waals surface area contributed by atoms with Gasteiger partial charge in [-0.15, -0.1) is 0 Å². The molecule has 8 heteroatoms. The fourth-order valence-electron chi connectivity index (χ4n) is 3.42. The number of likely N-dealkylation sites (tertiary alicyclic amines) is 1. The quantitative estimate of drug-likeness (QED) is 0.322. The maximum absolute atomic E-state index is 14.2. The number of nitrogens with zero attached hydrogens (tertiary/aromatic N) is 2. The molecule has 134 valence electrons. The summed E-state index contributed by atoms with van der Waals surface area (Å²) >= 11 is 2.04. The van der Waals surface area contributed by atoms with Crippen LogP contribution in [0.1, 0.15) is 12.0 Å². The number of rotatable bonds is 3. The third-order valence-corrected chi connectivity index (χ3v) is 5.72. The molecular formula is C16H20F4IN3. The van der Waals surface area contributed by atoms with Crippen LogP contribution < -0.4 is 10.2 Å². The first-order chi connectivity index (χ1) is 11.2. The van der Waals surface area contributed by atoms with E-state index in [0.717, 1.165) is 17.8 Å². The highest BCUT2D eigenvalue weighted by Crippen LogP contribution is 2.41. The zero-order valence-electron chi connectivity index (χ0n) is 13.3. The third kappa shape index (κ3) is 3.89. The van der Waals surface area contributed by atoms with Gasteiger partial charge in [-0.3, -0.25) is 0 Å². The molecule has 1 saturated heterocycles. The molecule has 1 fully saturated rings. The van der Waals surface area contributed by atoms with E-state index in [-0.39, 0.29) is 10.1 Å². The highest BCUT2D eigenvalue weighted by molar-refractivity contribution is 14.1. The van der Waals surface area contributed by atoms with Gasteiger partial charge in [-0.1, -0.05) is 28.7 Å². The lowest BCUT2D eigenvalue weighted by Gasteiger charge is -2.33. The Kier molecular flexibility index (Phi) is 5.15. The van der Waals surface area contributed by atoms with Gasteiger partial charge in [0.15, 0.2) is 0 Å². The van der Waals surface area contributed by atoms with Crippen molar-refractivity contribution in [1.29, 1.82) is 0 Å². The van der Waals surface area contributed by atoms with Crippen LogP contribution in [0.4, 0.5) is 28.9 Å². The van der Waals surface area contributed by atoms with Crippen LogP contribution in [0.15, 0.2) is 18.2 Å². The van der Waals surface area contributed by atoms with Crippen molar-refractivity contribution in [3.05, 3.63) is 23.8 Å². The molecular weight excluding hydrogens is 437 g/mol. The van der Waals surface area contributed by atoms with Gasteiger partial charge >= 0.3 is 6.18 Å². The van der Waals surface area contributed by atoms with Crippen LogP contribution in [0.3, 0.4) is 0 Å². The molecule has 2 heterocycles. The van der Waals surface area contributed by atoms with E-state index in [2.05, 4.69) is 5.32 Å².